The Kier molecular flexibility index (Phi) is 8.63. The van der Waals surface area contributed by atoms with Gasteiger partial charge in [-0.15, -0.1) is 0 Å². The molecule has 0 radical (unpaired) electrons. The number of nitrogens with one attached hydrogen (secondary N) is 2. The van der Waals surface area contributed by atoms with Crippen LogP contribution in [-0.2, 0) is 0 Å². The Bertz CT molecular complexity index is 2120. The summed E-state index contributed by atoms with van der Waals surface area (Å²) >= 11 is 0. The van der Waals surface area contributed by atoms with Crippen molar-refractivity contribution in [1.29, 1.82) is 0 Å². The zero-order chi connectivity index (χ0) is 33.0. The predicted molar refractivity (Wildman–Crippen MR) is 206 cm³/mol. The van der Waals surface area contributed by atoms with Crippen molar-refractivity contribution < 1.29 is 0 Å². The van der Waals surface area contributed by atoms with Crippen molar-refractivity contribution in [3.8, 4) is 0 Å². The maximum absolute atomic E-state index is 5.23. The summed E-state index contributed by atoms with van der Waals surface area (Å²) in [5.74, 6) is 1.62. The Balaban J connectivity index is 1.46. The third-order valence-corrected chi connectivity index (χ3v) is 8.53. The minimum absolute atomic E-state index is 0.529. The van der Waals surface area contributed by atoms with Crippen molar-refractivity contribution in [3.63, 3.8) is 0 Å². The van der Waals surface area contributed by atoms with Gasteiger partial charge in [-0.2, -0.15) is 0 Å². The van der Waals surface area contributed by atoms with E-state index in [0.717, 1.165) is 89.9 Å². The Morgan fingerprint density at radius 1 is 0.458 bits per heavy atom. The first-order chi connectivity index (χ1) is 23.4. The van der Waals surface area contributed by atoms with Gasteiger partial charge in [0, 0.05) is 46.4 Å². The van der Waals surface area contributed by atoms with Gasteiger partial charge in [0.05, 0.1) is 22.7 Å². The van der Waals surface area contributed by atoms with Crippen LogP contribution in [0.5, 0.6) is 0 Å². The fourth-order valence-electron chi connectivity index (χ4n) is 6.21. The molecule has 0 bridgehead atoms. The van der Waals surface area contributed by atoms with Crippen LogP contribution in [0.3, 0.4) is 0 Å². The molecule has 7 rings (SSSR count). The van der Waals surface area contributed by atoms with Crippen molar-refractivity contribution in [2.75, 3.05) is 10.6 Å². The average molecular weight is 627 g/mol. The van der Waals surface area contributed by atoms with Gasteiger partial charge < -0.3 is 10.6 Å². The largest absolute Gasteiger partial charge is 0.343 e. The second-order valence-electron chi connectivity index (χ2n) is 12.3. The Morgan fingerprint density at radius 3 is 1.27 bits per heavy atom. The molecular formula is C42H38N6. The highest BCUT2D eigenvalue weighted by atomic mass is 15.0. The molecule has 0 saturated heterocycles. The van der Waals surface area contributed by atoms with Gasteiger partial charge in [-0.1, -0.05) is 84.9 Å². The lowest BCUT2D eigenvalue weighted by atomic mass is 10.1. The number of hydrogen-bond donors (Lipinski definition) is 2. The molecule has 48 heavy (non-hydrogen) atoms. The Labute approximate surface area is 281 Å². The molecular weight excluding hydrogens is 589 g/mol. The van der Waals surface area contributed by atoms with Gasteiger partial charge >= 0.3 is 0 Å². The molecule has 0 unspecified atom stereocenters. The van der Waals surface area contributed by atoms with E-state index in [2.05, 4.69) is 135 Å². The maximum Gasteiger partial charge on any atom is 0.112 e. The van der Waals surface area contributed by atoms with Gasteiger partial charge in [0.1, 0.15) is 11.7 Å². The van der Waals surface area contributed by atoms with E-state index in [1.54, 1.807) is 0 Å². The molecule has 0 saturated carbocycles. The second kappa shape index (κ2) is 13.5. The van der Waals surface area contributed by atoms with Crippen molar-refractivity contribution >= 4 is 78.8 Å². The van der Waals surface area contributed by atoms with Crippen LogP contribution in [0, 0.1) is 13.8 Å². The molecule has 0 atom stereocenters. The molecule has 236 valence electrons. The molecule has 6 aromatic rings. The quantitative estimate of drug-likeness (QED) is 0.201. The van der Waals surface area contributed by atoms with Gasteiger partial charge in [-0.05, 0) is 86.0 Å². The minimum Gasteiger partial charge on any atom is -0.343 e. The molecule has 0 aliphatic carbocycles. The molecule has 2 N–H and O–H groups in total. The summed E-state index contributed by atoms with van der Waals surface area (Å²) in [5, 5.41) is 11.7. The Morgan fingerprint density at radius 2 is 0.854 bits per heavy atom. The summed E-state index contributed by atoms with van der Waals surface area (Å²) in [7, 11) is 0. The summed E-state index contributed by atoms with van der Waals surface area (Å²) in [5.41, 5.74) is 9.63. The van der Waals surface area contributed by atoms with Crippen molar-refractivity contribution in [3.05, 3.63) is 132 Å². The molecule has 0 spiro atoms. The second-order valence-corrected chi connectivity index (χ2v) is 12.3. The van der Waals surface area contributed by atoms with Crippen LogP contribution in [0.25, 0.3) is 21.5 Å². The maximum atomic E-state index is 5.23. The molecule has 6 aromatic carbocycles. The first kappa shape index (κ1) is 30.8. The molecule has 0 aromatic heterocycles. The summed E-state index contributed by atoms with van der Waals surface area (Å²) in [6.07, 6.45) is 1.06. The van der Waals surface area contributed by atoms with E-state index < -0.39 is 0 Å². The zero-order valence-electron chi connectivity index (χ0n) is 27.8. The summed E-state index contributed by atoms with van der Waals surface area (Å²) in [4.78, 5) is 20.8. The first-order valence-electron chi connectivity index (χ1n) is 16.3. The number of hydrogen-bond acceptors (Lipinski definition) is 4. The molecule has 1 aliphatic heterocycles. The number of rotatable bonds is 2. The van der Waals surface area contributed by atoms with Crippen molar-refractivity contribution in [1.82, 2.24) is 0 Å². The first-order valence-corrected chi connectivity index (χ1v) is 16.3. The number of anilines is 2. The van der Waals surface area contributed by atoms with Crippen molar-refractivity contribution in [2.45, 2.75) is 40.5 Å². The fourth-order valence-corrected chi connectivity index (χ4v) is 6.21. The van der Waals surface area contributed by atoms with Crippen LogP contribution in [-0.4, -0.2) is 23.1 Å². The van der Waals surface area contributed by atoms with Crippen LogP contribution in [0.15, 0.2) is 141 Å². The van der Waals surface area contributed by atoms with E-state index in [1.807, 2.05) is 24.3 Å². The smallest absolute Gasteiger partial charge is 0.112 e. The number of benzene rings is 6. The van der Waals surface area contributed by atoms with E-state index in [4.69, 9.17) is 20.0 Å². The molecule has 0 amide bonds. The number of nitrogens with zero attached hydrogens (tertiary/aromatic N) is 4. The van der Waals surface area contributed by atoms with E-state index >= 15 is 0 Å². The topological polar surface area (TPSA) is 73.5 Å². The van der Waals surface area contributed by atoms with Gasteiger partial charge in [-0.3, -0.25) is 9.98 Å². The molecule has 1 aliphatic rings. The zero-order valence-corrected chi connectivity index (χ0v) is 27.8. The lowest BCUT2D eigenvalue weighted by Gasteiger charge is -2.17. The molecule has 6 nitrogen and oxygen atoms in total. The van der Waals surface area contributed by atoms with Crippen LogP contribution in [0.1, 0.15) is 37.8 Å². The standard InChI is InChI=1S/C42H38N6/c1-27-13-5-7-19-33(27)45-39-25-29(3)43-36-22-10-16-32-18-12-24-38(42(32)36)48-40(46-34-20-8-6-14-28(34)2)26-30(4)44-35-21-9-15-31-17-11-23-37(47-39)41(31)35/h5-24H,25-26H2,1-4H3,(H,45,47)(H,46,48). The highest BCUT2D eigenvalue weighted by Gasteiger charge is 2.15. The van der Waals surface area contributed by atoms with E-state index in [1.165, 1.54) is 0 Å². The summed E-state index contributed by atoms with van der Waals surface area (Å²) < 4.78 is 0. The molecule has 1 heterocycles. The number of para-hydroxylation sites is 2. The third-order valence-electron chi connectivity index (χ3n) is 8.53. The van der Waals surface area contributed by atoms with Crippen LogP contribution in [0.2, 0.25) is 0 Å². The monoisotopic (exact) mass is 626 g/mol. The average Bonchev–Trinajstić information content (AvgIpc) is 3.06. The van der Waals surface area contributed by atoms with Gasteiger partial charge in [0.2, 0.25) is 0 Å². The van der Waals surface area contributed by atoms with Gasteiger partial charge in [0.15, 0.2) is 0 Å². The lowest BCUT2D eigenvalue weighted by molar-refractivity contribution is 1.34. The number of aryl methyl sites for hydroxylation is 2. The highest BCUT2D eigenvalue weighted by molar-refractivity contribution is 6.18. The summed E-state index contributed by atoms with van der Waals surface area (Å²) in [6, 6.07) is 41.5. The number of aliphatic imine (C=N–C) groups is 4. The normalized spacial score (nSPS) is 15.6. The highest BCUT2D eigenvalue weighted by Crippen LogP contribution is 2.36. The molecule has 0 fully saturated rings. The van der Waals surface area contributed by atoms with Crippen LogP contribution < -0.4 is 10.6 Å². The molecule has 6 heteroatoms. The van der Waals surface area contributed by atoms with Crippen LogP contribution >= 0.6 is 0 Å². The predicted octanol–water partition coefficient (Wildman–Crippen LogP) is 11.6. The van der Waals surface area contributed by atoms with Crippen LogP contribution in [0.4, 0.5) is 34.1 Å². The lowest BCUT2D eigenvalue weighted by Crippen LogP contribution is -2.17. The van der Waals surface area contributed by atoms with E-state index in [-0.39, 0.29) is 0 Å². The third kappa shape index (κ3) is 6.65. The Hall–Kier alpha value is -5.88. The van der Waals surface area contributed by atoms with E-state index in [0.29, 0.717) is 12.8 Å². The SMILES string of the molecule is CC1=Nc2cccc3cccc(c23)NC(=Nc2ccccc2C)CC(C)=Nc2cccc3cccc(c23)NC(=Nc2ccccc2C)C1. The van der Waals surface area contributed by atoms with E-state index in [9.17, 15) is 0 Å². The van der Waals surface area contributed by atoms with Gasteiger partial charge in [0.25, 0.3) is 0 Å². The van der Waals surface area contributed by atoms with Crippen molar-refractivity contribution in [2.24, 2.45) is 20.0 Å². The summed E-state index contributed by atoms with van der Waals surface area (Å²) in [6.45, 7) is 8.32. The minimum atomic E-state index is 0.529. The number of amidine groups is 2. The fraction of sp³-hybridized carbons (Fsp3) is 0.143. The van der Waals surface area contributed by atoms with Gasteiger partial charge in [-0.25, -0.2) is 9.98 Å².